The Morgan fingerprint density at radius 1 is 1.30 bits per heavy atom. The van der Waals surface area contributed by atoms with Crippen LogP contribution >= 0.6 is 0 Å². The lowest BCUT2D eigenvalue weighted by atomic mass is 10.1. The highest BCUT2D eigenvalue weighted by Gasteiger charge is 2.20. The van der Waals surface area contributed by atoms with Crippen molar-refractivity contribution in [2.24, 2.45) is 11.1 Å². The third kappa shape index (κ3) is 5.47. The summed E-state index contributed by atoms with van der Waals surface area (Å²) in [4.78, 5) is 41.3. The van der Waals surface area contributed by atoms with Crippen molar-refractivity contribution in [2.45, 2.75) is 46.5 Å². The first-order valence-corrected chi connectivity index (χ1v) is 10.6. The zero-order chi connectivity index (χ0) is 21.7. The van der Waals surface area contributed by atoms with Crippen LogP contribution in [0.15, 0.2) is 25.2 Å². The van der Waals surface area contributed by atoms with Gasteiger partial charge < -0.3 is 19.1 Å². The fraction of sp³-hybridized carbons (Fsp3) is 0.619. The molecule has 2 aromatic rings. The predicted octanol–water partition coefficient (Wildman–Crippen LogP) is 2.20. The second kappa shape index (κ2) is 9.88. The summed E-state index contributed by atoms with van der Waals surface area (Å²) in [5.74, 6) is 1.22. The van der Waals surface area contributed by atoms with Crippen LogP contribution in [0.2, 0.25) is 0 Å². The van der Waals surface area contributed by atoms with Gasteiger partial charge in [-0.25, -0.2) is 4.79 Å². The van der Waals surface area contributed by atoms with Crippen molar-refractivity contribution in [1.29, 1.82) is 0 Å². The van der Waals surface area contributed by atoms with E-state index in [1.54, 1.807) is 0 Å². The van der Waals surface area contributed by atoms with E-state index in [0.717, 1.165) is 51.3 Å². The van der Waals surface area contributed by atoms with Crippen LogP contribution in [0.1, 0.15) is 45.6 Å². The summed E-state index contributed by atoms with van der Waals surface area (Å²) in [5, 5.41) is 4.59. The number of nitrogens with one attached hydrogen (secondary N) is 1. The highest BCUT2D eigenvalue weighted by atomic mass is 16.6. The Labute approximate surface area is 175 Å². The molecule has 0 aliphatic carbocycles. The number of aromatic nitrogens is 2. The number of unbranched alkanes of at least 4 members (excludes halogenated alkanes) is 1. The number of rotatable bonds is 7. The van der Waals surface area contributed by atoms with E-state index in [2.05, 4.69) is 52.7 Å². The Morgan fingerprint density at radius 2 is 2.03 bits per heavy atom. The molecule has 1 saturated heterocycles. The molecular weight excluding hydrogens is 386 g/mol. The van der Waals surface area contributed by atoms with Crippen LogP contribution in [0.25, 0.3) is 11.1 Å². The first-order chi connectivity index (χ1) is 14.4. The van der Waals surface area contributed by atoms with Crippen molar-refractivity contribution in [3.63, 3.8) is 0 Å². The van der Waals surface area contributed by atoms with Crippen LogP contribution in [0, 0.1) is 5.92 Å². The van der Waals surface area contributed by atoms with Crippen molar-refractivity contribution in [3.8, 4) is 6.01 Å². The molecule has 0 bridgehead atoms. The number of fused-ring (bicyclic) bond motifs is 1. The van der Waals surface area contributed by atoms with Crippen LogP contribution in [0.4, 0.5) is 0 Å². The molecule has 9 heteroatoms. The second-order valence-corrected chi connectivity index (χ2v) is 8.23. The molecule has 0 saturated carbocycles. The van der Waals surface area contributed by atoms with Gasteiger partial charge in [0, 0.05) is 38.7 Å². The quantitative estimate of drug-likeness (QED) is 0.418. The van der Waals surface area contributed by atoms with E-state index in [4.69, 9.17) is 9.25 Å². The third-order valence-electron chi connectivity index (χ3n) is 5.17. The van der Waals surface area contributed by atoms with E-state index >= 15 is 0 Å². The number of likely N-dealkylation sites (N-methyl/N-ethyl adjacent to an activating group) is 1. The third-order valence-corrected chi connectivity index (χ3v) is 5.17. The normalized spacial score (nSPS) is 15.9. The van der Waals surface area contributed by atoms with Gasteiger partial charge >= 0.3 is 11.6 Å². The van der Waals surface area contributed by atoms with Gasteiger partial charge in [-0.05, 0) is 31.4 Å². The van der Waals surface area contributed by atoms with Crippen LogP contribution in [0.5, 0.6) is 6.01 Å². The fourth-order valence-corrected chi connectivity index (χ4v) is 3.49. The number of piperazine rings is 1. The van der Waals surface area contributed by atoms with Crippen molar-refractivity contribution < 1.29 is 9.25 Å². The topological polar surface area (TPSA) is 104 Å². The van der Waals surface area contributed by atoms with E-state index in [1.165, 1.54) is 6.07 Å². The maximum absolute atomic E-state index is 12.7. The Kier molecular flexibility index (Phi) is 7.25. The number of nitrogens with zero attached hydrogens (tertiary/aromatic N) is 4. The summed E-state index contributed by atoms with van der Waals surface area (Å²) in [6, 6.07) is 1.28. The predicted molar refractivity (Wildman–Crippen MR) is 116 cm³/mol. The maximum Gasteiger partial charge on any atom is 0.337 e. The Bertz CT molecular complexity index is 1000. The summed E-state index contributed by atoms with van der Waals surface area (Å²) in [6.07, 6.45) is 3.18. The summed E-state index contributed by atoms with van der Waals surface area (Å²) in [5.41, 5.74) is -0.304. The molecule has 1 fully saturated rings. The zero-order valence-corrected chi connectivity index (χ0v) is 18.2. The molecular formula is C21H31N5O4. The summed E-state index contributed by atoms with van der Waals surface area (Å²) in [6.45, 7) is 9.92. The van der Waals surface area contributed by atoms with Crippen molar-refractivity contribution >= 4 is 16.9 Å². The van der Waals surface area contributed by atoms with Gasteiger partial charge in [-0.1, -0.05) is 32.3 Å². The molecule has 0 aromatic carbocycles. The summed E-state index contributed by atoms with van der Waals surface area (Å²) < 4.78 is 5.17. The maximum atomic E-state index is 12.7. The van der Waals surface area contributed by atoms with E-state index < -0.39 is 11.2 Å². The van der Waals surface area contributed by atoms with Crippen molar-refractivity contribution in [2.75, 3.05) is 33.2 Å². The first kappa shape index (κ1) is 22.0. The number of oxime groups is 1. The molecule has 1 aliphatic rings. The van der Waals surface area contributed by atoms with E-state index in [0.29, 0.717) is 23.3 Å². The van der Waals surface area contributed by atoms with Gasteiger partial charge in [-0.2, -0.15) is 4.98 Å². The van der Waals surface area contributed by atoms with Crippen LogP contribution in [-0.4, -0.2) is 58.8 Å². The smallest absolute Gasteiger partial charge is 0.337 e. The lowest BCUT2D eigenvalue weighted by molar-refractivity contribution is 0.204. The molecule has 0 radical (unpaired) electrons. The fourth-order valence-electron chi connectivity index (χ4n) is 3.49. The molecule has 0 spiro atoms. The lowest BCUT2D eigenvalue weighted by Crippen LogP contribution is -2.47. The van der Waals surface area contributed by atoms with Crippen molar-refractivity contribution in [3.05, 3.63) is 32.4 Å². The minimum atomic E-state index is -0.529. The minimum absolute atomic E-state index is 0.0208. The second-order valence-electron chi connectivity index (χ2n) is 8.23. The highest BCUT2D eigenvalue weighted by Crippen LogP contribution is 2.16. The van der Waals surface area contributed by atoms with Crippen LogP contribution in [0.3, 0.4) is 0 Å². The van der Waals surface area contributed by atoms with Crippen molar-refractivity contribution in [1.82, 2.24) is 19.8 Å². The average Bonchev–Trinajstić information content (AvgIpc) is 2.69. The zero-order valence-electron chi connectivity index (χ0n) is 18.2. The van der Waals surface area contributed by atoms with Gasteiger partial charge in [0.05, 0.1) is 0 Å². The molecule has 3 heterocycles. The number of aromatic amines is 1. The first-order valence-electron chi connectivity index (χ1n) is 10.6. The number of hydrogen-bond acceptors (Lipinski definition) is 7. The lowest BCUT2D eigenvalue weighted by Gasteiger charge is -2.34. The number of H-pyrrole nitrogens is 1. The molecule has 1 aliphatic heterocycles. The van der Waals surface area contributed by atoms with Gasteiger partial charge in [0.15, 0.2) is 0 Å². The summed E-state index contributed by atoms with van der Waals surface area (Å²) >= 11 is 0. The van der Waals surface area contributed by atoms with E-state index in [1.807, 2.05) is 0 Å². The molecule has 1 N–H and O–H groups in total. The monoisotopic (exact) mass is 417 g/mol. The molecule has 2 aromatic heterocycles. The summed E-state index contributed by atoms with van der Waals surface area (Å²) in [7, 11) is 2.10. The van der Waals surface area contributed by atoms with Crippen LogP contribution < -0.4 is 16.0 Å². The standard InChI is InChI=1S/C21H31N5O4/c1-5-6-7-15-13-17(27)29-20-18(15)19(28)22-21(23-20)30-24-16(12-14(2)3)26-10-8-25(4)9-11-26/h13-14H,5-12H2,1-4H3,(H,22,23,28)/b24-16+. The van der Waals surface area contributed by atoms with Gasteiger partial charge in [-0.15, -0.1) is 0 Å². The Morgan fingerprint density at radius 3 is 2.70 bits per heavy atom. The van der Waals surface area contributed by atoms with E-state index in [9.17, 15) is 9.59 Å². The SMILES string of the molecule is CCCCc1cc(=O)oc2nc(O/N=C(\CC(C)C)N3CCN(C)CC3)[nH]c(=O)c12. The van der Waals surface area contributed by atoms with Crippen LogP contribution in [-0.2, 0) is 6.42 Å². The molecule has 3 rings (SSSR count). The Hall–Kier alpha value is -2.68. The number of amidine groups is 1. The van der Waals surface area contributed by atoms with Gasteiger partial charge in [0.25, 0.3) is 5.56 Å². The minimum Gasteiger partial charge on any atom is -0.403 e. The molecule has 0 amide bonds. The molecule has 30 heavy (non-hydrogen) atoms. The highest BCUT2D eigenvalue weighted by molar-refractivity contribution is 5.82. The largest absolute Gasteiger partial charge is 0.403 e. The number of aryl methyl sites for hydroxylation is 1. The van der Waals surface area contributed by atoms with Gasteiger partial charge in [-0.3, -0.25) is 9.78 Å². The van der Waals surface area contributed by atoms with Gasteiger partial charge in [0.2, 0.25) is 5.71 Å². The molecule has 9 nitrogen and oxygen atoms in total. The van der Waals surface area contributed by atoms with Gasteiger partial charge in [0.1, 0.15) is 11.2 Å². The molecule has 164 valence electrons. The molecule has 0 unspecified atom stereocenters. The molecule has 0 atom stereocenters. The Balaban J connectivity index is 1.89. The van der Waals surface area contributed by atoms with E-state index in [-0.39, 0.29) is 11.7 Å². The number of hydrogen-bond donors (Lipinski definition) is 1. The average molecular weight is 418 g/mol.